The number of amides is 1. The molecule has 1 atom stereocenters. The third-order valence-electron chi connectivity index (χ3n) is 5.27. The van der Waals surface area contributed by atoms with E-state index in [0.29, 0.717) is 24.5 Å². The number of hydrogen-bond donors (Lipinski definition) is 1. The van der Waals surface area contributed by atoms with Gasteiger partial charge in [0.1, 0.15) is 10.6 Å². The van der Waals surface area contributed by atoms with E-state index in [2.05, 4.69) is 10.5 Å². The number of sulfonamides is 1. The highest BCUT2D eigenvalue weighted by Gasteiger charge is 2.35. The molecule has 2 aliphatic rings. The summed E-state index contributed by atoms with van der Waals surface area (Å²) in [5.41, 5.74) is 0.380. The van der Waals surface area contributed by atoms with Crippen LogP contribution in [0.1, 0.15) is 56.4 Å². The van der Waals surface area contributed by atoms with Crippen molar-refractivity contribution in [1.29, 1.82) is 0 Å². The van der Waals surface area contributed by atoms with Crippen molar-refractivity contribution >= 4 is 15.9 Å². The molecule has 25 heavy (non-hydrogen) atoms. The van der Waals surface area contributed by atoms with Crippen molar-refractivity contribution in [3.8, 4) is 0 Å². The van der Waals surface area contributed by atoms with Crippen LogP contribution in [-0.2, 0) is 14.8 Å². The van der Waals surface area contributed by atoms with E-state index in [1.165, 1.54) is 10.7 Å². The van der Waals surface area contributed by atoms with Gasteiger partial charge in [0.05, 0.1) is 0 Å². The van der Waals surface area contributed by atoms with Crippen LogP contribution in [0, 0.1) is 19.8 Å². The molecule has 1 unspecified atom stereocenters. The lowest BCUT2D eigenvalue weighted by atomic mass is 9.88. The molecule has 1 amide bonds. The Morgan fingerprint density at radius 3 is 2.52 bits per heavy atom. The monoisotopic (exact) mass is 369 g/mol. The Balaban J connectivity index is 1.67. The maximum absolute atomic E-state index is 12.9. The number of carbonyl (C=O) groups excluding carboxylic acids is 1. The molecule has 1 saturated carbocycles. The van der Waals surface area contributed by atoms with Crippen LogP contribution in [0.3, 0.4) is 0 Å². The minimum absolute atomic E-state index is 0.0845. The molecule has 2 heterocycles. The lowest BCUT2D eigenvalue weighted by molar-refractivity contribution is -0.126. The van der Waals surface area contributed by atoms with Crippen LogP contribution in [-0.4, -0.2) is 42.9 Å². The summed E-state index contributed by atoms with van der Waals surface area (Å²) in [5, 5.41) is 6.84. The molecule has 140 valence electrons. The van der Waals surface area contributed by atoms with E-state index in [0.717, 1.165) is 38.5 Å². The van der Waals surface area contributed by atoms with Crippen molar-refractivity contribution in [2.24, 2.45) is 5.92 Å². The van der Waals surface area contributed by atoms with Crippen molar-refractivity contribution < 1.29 is 17.7 Å². The van der Waals surface area contributed by atoms with Gasteiger partial charge in [0, 0.05) is 25.0 Å². The highest BCUT2D eigenvalue weighted by atomic mass is 32.2. The maximum atomic E-state index is 12.9. The van der Waals surface area contributed by atoms with E-state index in [-0.39, 0.29) is 22.8 Å². The molecule has 1 aromatic heterocycles. The van der Waals surface area contributed by atoms with E-state index in [9.17, 15) is 13.2 Å². The summed E-state index contributed by atoms with van der Waals surface area (Å²) in [7, 11) is -3.65. The average Bonchev–Trinajstić information content (AvgIpc) is 2.95. The van der Waals surface area contributed by atoms with Gasteiger partial charge in [-0.2, -0.15) is 4.31 Å². The third kappa shape index (κ3) is 3.89. The first-order chi connectivity index (χ1) is 11.9. The molecule has 1 aliphatic heterocycles. The molecular formula is C17H27N3O4S. The number of piperidine rings is 1. The molecule has 0 spiro atoms. The Labute approximate surface area is 149 Å². The van der Waals surface area contributed by atoms with Crippen LogP contribution >= 0.6 is 0 Å². The fraction of sp³-hybridized carbons (Fsp3) is 0.765. The largest absolute Gasteiger partial charge is 0.360 e. The molecule has 2 fully saturated rings. The second-order valence-electron chi connectivity index (χ2n) is 7.20. The number of carbonyl (C=O) groups is 1. The normalized spacial score (nSPS) is 23.5. The molecule has 0 radical (unpaired) electrons. The van der Waals surface area contributed by atoms with Crippen LogP contribution in [0.5, 0.6) is 0 Å². The summed E-state index contributed by atoms with van der Waals surface area (Å²) in [5.74, 6) is 0.482. The van der Waals surface area contributed by atoms with Crippen LogP contribution in [0.25, 0.3) is 0 Å². The van der Waals surface area contributed by atoms with Crippen LogP contribution in [0.15, 0.2) is 9.42 Å². The average molecular weight is 369 g/mol. The Morgan fingerprint density at radius 2 is 1.88 bits per heavy atom. The number of aryl methyl sites for hydroxylation is 2. The smallest absolute Gasteiger partial charge is 0.248 e. The minimum atomic E-state index is -3.65. The fourth-order valence-electron chi connectivity index (χ4n) is 3.93. The Hall–Kier alpha value is -1.41. The molecular weight excluding hydrogens is 342 g/mol. The topological polar surface area (TPSA) is 92.5 Å². The van der Waals surface area contributed by atoms with Gasteiger partial charge in [-0.1, -0.05) is 24.4 Å². The fourth-order valence-corrected chi connectivity index (χ4v) is 5.75. The Morgan fingerprint density at radius 1 is 1.16 bits per heavy atom. The zero-order valence-electron chi connectivity index (χ0n) is 15.0. The van der Waals surface area contributed by atoms with E-state index < -0.39 is 10.0 Å². The Kier molecular flexibility index (Phi) is 5.48. The zero-order valence-corrected chi connectivity index (χ0v) is 15.8. The van der Waals surface area contributed by atoms with Crippen molar-refractivity contribution in [2.45, 2.75) is 69.7 Å². The summed E-state index contributed by atoms with van der Waals surface area (Å²) >= 11 is 0. The summed E-state index contributed by atoms with van der Waals surface area (Å²) in [6.07, 6.45) is 6.85. The highest BCUT2D eigenvalue weighted by molar-refractivity contribution is 7.89. The van der Waals surface area contributed by atoms with Crippen molar-refractivity contribution in [3.05, 3.63) is 11.5 Å². The van der Waals surface area contributed by atoms with Crippen molar-refractivity contribution in [1.82, 2.24) is 14.8 Å². The maximum Gasteiger partial charge on any atom is 0.248 e. The quantitative estimate of drug-likeness (QED) is 0.878. The standard InChI is InChI=1S/C17H27N3O4S/c1-12-16(13(2)24-19-12)25(22,23)20-10-6-9-15(11-20)18-17(21)14-7-4-3-5-8-14/h14-15H,3-11H2,1-2H3,(H,18,21). The number of nitrogens with one attached hydrogen (secondary N) is 1. The predicted octanol–water partition coefficient (Wildman–Crippen LogP) is 2.14. The lowest BCUT2D eigenvalue weighted by Crippen LogP contribution is -2.51. The molecule has 1 aliphatic carbocycles. The summed E-state index contributed by atoms with van der Waals surface area (Å²) in [6.45, 7) is 4.02. The van der Waals surface area contributed by atoms with E-state index in [4.69, 9.17) is 4.52 Å². The van der Waals surface area contributed by atoms with E-state index in [1.807, 2.05) is 0 Å². The second kappa shape index (κ2) is 7.45. The van der Waals surface area contributed by atoms with Crippen LogP contribution < -0.4 is 5.32 Å². The predicted molar refractivity (Wildman–Crippen MR) is 92.5 cm³/mol. The van der Waals surface area contributed by atoms with Gasteiger partial charge in [0.2, 0.25) is 15.9 Å². The van der Waals surface area contributed by atoms with Gasteiger partial charge in [-0.15, -0.1) is 0 Å². The number of nitrogens with zero attached hydrogens (tertiary/aromatic N) is 2. The van der Waals surface area contributed by atoms with Gasteiger partial charge in [0.15, 0.2) is 5.76 Å². The first-order valence-corrected chi connectivity index (χ1v) is 10.6. The van der Waals surface area contributed by atoms with Gasteiger partial charge < -0.3 is 9.84 Å². The number of hydrogen-bond acceptors (Lipinski definition) is 5. The molecule has 0 bridgehead atoms. The van der Waals surface area contributed by atoms with E-state index in [1.54, 1.807) is 13.8 Å². The summed E-state index contributed by atoms with van der Waals surface area (Å²) in [6, 6.07) is -0.126. The third-order valence-corrected chi connectivity index (χ3v) is 7.38. The van der Waals surface area contributed by atoms with E-state index >= 15 is 0 Å². The van der Waals surface area contributed by atoms with Gasteiger partial charge in [-0.3, -0.25) is 4.79 Å². The molecule has 7 nitrogen and oxygen atoms in total. The molecule has 8 heteroatoms. The molecule has 0 aromatic carbocycles. The second-order valence-corrected chi connectivity index (χ2v) is 9.07. The molecule has 1 aromatic rings. The summed E-state index contributed by atoms with van der Waals surface area (Å²) < 4.78 is 32.3. The molecule has 1 saturated heterocycles. The minimum Gasteiger partial charge on any atom is -0.360 e. The van der Waals surface area contributed by atoms with Crippen molar-refractivity contribution in [3.63, 3.8) is 0 Å². The summed E-state index contributed by atoms with van der Waals surface area (Å²) in [4.78, 5) is 12.6. The van der Waals surface area contributed by atoms with Crippen LogP contribution in [0.2, 0.25) is 0 Å². The zero-order chi connectivity index (χ0) is 18.0. The first-order valence-electron chi connectivity index (χ1n) is 9.13. The van der Waals surface area contributed by atoms with Gasteiger partial charge in [-0.25, -0.2) is 8.42 Å². The molecule has 3 rings (SSSR count). The lowest BCUT2D eigenvalue weighted by Gasteiger charge is -2.33. The van der Waals surface area contributed by atoms with Crippen LogP contribution in [0.4, 0.5) is 0 Å². The van der Waals surface area contributed by atoms with Gasteiger partial charge in [0.25, 0.3) is 0 Å². The Bertz CT molecular complexity index is 703. The SMILES string of the molecule is Cc1noc(C)c1S(=O)(=O)N1CCCC(NC(=O)C2CCCCC2)C1. The first kappa shape index (κ1) is 18.4. The highest BCUT2D eigenvalue weighted by Crippen LogP contribution is 2.27. The van der Waals surface area contributed by atoms with Crippen molar-refractivity contribution in [2.75, 3.05) is 13.1 Å². The number of rotatable bonds is 4. The van der Waals surface area contributed by atoms with Gasteiger partial charge in [-0.05, 0) is 39.5 Å². The van der Waals surface area contributed by atoms with Gasteiger partial charge >= 0.3 is 0 Å². The molecule has 1 N–H and O–H groups in total. The number of aromatic nitrogens is 1.